The van der Waals surface area contributed by atoms with Crippen LogP contribution in [0.4, 0.5) is 0 Å². The van der Waals surface area contributed by atoms with Crippen molar-refractivity contribution in [3.8, 4) is 0 Å². The first kappa shape index (κ1) is 16.5. The van der Waals surface area contributed by atoms with Crippen molar-refractivity contribution < 1.29 is 4.79 Å². The first-order valence-corrected chi connectivity index (χ1v) is 9.79. The first-order chi connectivity index (χ1) is 13.2. The van der Waals surface area contributed by atoms with Crippen molar-refractivity contribution in [3.63, 3.8) is 0 Å². The van der Waals surface area contributed by atoms with Crippen molar-refractivity contribution >= 4 is 11.7 Å². The van der Waals surface area contributed by atoms with Gasteiger partial charge in [-0.25, -0.2) is 4.99 Å². The van der Waals surface area contributed by atoms with Crippen LogP contribution < -0.4 is 5.32 Å². The van der Waals surface area contributed by atoms with Gasteiger partial charge in [-0.15, -0.1) is 0 Å². The minimum absolute atomic E-state index is 0.0582. The number of allylic oxidation sites excluding steroid dienone is 1. The van der Waals surface area contributed by atoms with Crippen LogP contribution in [0.15, 0.2) is 64.6 Å². The molecule has 4 aliphatic heterocycles. The lowest BCUT2D eigenvalue weighted by molar-refractivity contribution is -0.115. The Hall–Kier alpha value is -2.66. The number of carbonyl (C=O) groups excluding carboxylic acids is 1. The van der Waals surface area contributed by atoms with Crippen molar-refractivity contribution in [3.05, 3.63) is 70.7 Å². The van der Waals surface area contributed by atoms with Gasteiger partial charge in [0.05, 0.1) is 5.70 Å². The van der Waals surface area contributed by atoms with Crippen LogP contribution in [0.1, 0.15) is 42.9 Å². The van der Waals surface area contributed by atoms with Gasteiger partial charge < -0.3 is 10.2 Å². The predicted octanol–water partition coefficient (Wildman–Crippen LogP) is 3.09. The molecule has 0 aromatic heterocycles. The maximum atomic E-state index is 11.9. The molecule has 5 nitrogen and oxygen atoms in total. The average Bonchev–Trinajstić information content (AvgIpc) is 3.03. The van der Waals surface area contributed by atoms with Gasteiger partial charge in [0.1, 0.15) is 5.84 Å². The number of amides is 1. The number of hydrogen-bond acceptors (Lipinski definition) is 4. The molecule has 4 heterocycles. The van der Waals surface area contributed by atoms with E-state index in [0.29, 0.717) is 6.04 Å². The summed E-state index contributed by atoms with van der Waals surface area (Å²) >= 11 is 0. The minimum Gasteiger partial charge on any atom is -0.324 e. The van der Waals surface area contributed by atoms with E-state index < -0.39 is 0 Å². The van der Waals surface area contributed by atoms with Crippen LogP contribution in [0, 0.1) is 0 Å². The summed E-state index contributed by atoms with van der Waals surface area (Å²) in [6.07, 6.45) is 10.00. The van der Waals surface area contributed by atoms with E-state index in [0.717, 1.165) is 41.3 Å². The van der Waals surface area contributed by atoms with Gasteiger partial charge in [-0.05, 0) is 38.1 Å². The molecule has 0 aliphatic carbocycles. The predicted molar refractivity (Wildman–Crippen MR) is 106 cm³/mol. The fourth-order valence-corrected chi connectivity index (χ4v) is 4.60. The van der Waals surface area contributed by atoms with Crippen molar-refractivity contribution in [2.75, 3.05) is 20.1 Å². The zero-order valence-electron chi connectivity index (χ0n) is 15.6. The molecule has 1 N–H and O–H groups in total. The van der Waals surface area contributed by atoms with E-state index in [-0.39, 0.29) is 5.91 Å². The van der Waals surface area contributed by atoms with Gasteiger partial charge in [-0.3, -0.25) is 9.69 Å². The number of hydrogen-bond donors (Lipinski definition) is 1. The Morgan fingerprint density at radius 2 is 1.96 bits per heavy atom. The molecule has 0 radical (unpaired) electrons. The Balaban J connectivity index is 1.46. The summed E-state index contributed by atoms with van der Waals surface area (Å²) in [4.78, 5) is 21.3. The number of aliphatic imine (C=N–C) groups is 1. The number of rotatable bonds is 2. The third kappa shape index (κ3) is 2.82. The van der Waals surface area contributed by atoms with Crippen molar-refractivity contribution in [1.82, 2.24) is 15.1 Å². The second kappa shape index (κ2) is 6.50. The van der Waals surface area contributed by atoms with E-state index >= 15 is 0 Å². The molecule has 1 saturated heterocycles. The minimum atomic E-state index is -0.0582. The largest absolute Gasteiger partial charge is 0.324 e. The highest BCUT2D eigenvalue weighted by molar-refractivity contribution is 6.02. The zero-order chi connectivity index (χ0) is 18.4. The standard InChI is InChI=1S/C22H24N4O/c1-25-12-3-2-4-19(25)15-5-7-16(8-6-15)22-23-14-17-9-10-20(27)24-18-11-13-26(22)21(17)18/h5-10,14,19H,2-4,11-13H2,1H3,(H,24,27). The number of nitrogens with one attached hydrogen (secondary N) is 1. The fraction of sp³-hybridized carbons (Fsp3) is 0.364. The summed E-state index contributed by atoms with van der Waals surface area (Å²) in [5.41, 5.74) is 5.62. The van der Waals surface area contributed by atoms with Gasteiger partial charge in [0.25, 0.3) is 0 Å². The highest BCUT2D eigenvalue weighted by atomic mass is 16.1. The van der Waals surface area contributed by atoms with E-state index in [2.05, 4.69) is 46.4 Å². The lowest BCUT2D eigenvalue weighted by Crippen LogP contribution is -2.32. The molecular weight excluding hydrogens is 336 g/mol. The summed E-state index contributed by atoms with van der Waals surface area (Å²) in [7, 11) is 2.22. The monoisotopic (exact) mass is 360 g/mol. The summed E-state index contributed by atoms with van der Waals surface area (Å²) in [5.74, 6) is 0.911. The third-order valence-electron chi connectivity index (χ3n) is 6.01. The van der Waals surface area contributed by atoms with Crippen molar-refractivity contribution in [1.29, 1.82) is 0 Å². The Kier molecular flexibility index (Phi) is 3.97. The molecule has 1 fully saturated rings. The van der Waals surface area contributed by atoms with Gasteiger partial charge in [0.2, 0.25) is 5.91 Å². The molecule has 1 aromatic carbocycles. The molecule has 1 atom stereocenters. The van der Waals surface area contributed by atoms with Crippen LogP contribution in [-0.2, 0) is 4.79 Å². The maximum Gasteiger partial charge on any atom is 0.248 e. The van der Waals surface area contributed by atoms with Gasteiger partial charge in [0.15, 0.2) is 0 Å². The van der Waals surface area contributed by atoms with E-state index in [4.69, 9.17) is 4.99 Å². The Morgan fingerprint density at radius 1 is 1.11 bits per heavy atom. The summed E-state index contributed by atoms with van der Waals surface area (Å²) in [5, 5.41) is 3.01. The van der Waals surface area contributed by atoms with E-state index in [1.54, 1.807) is 6.08 Å². The lowest BCUT2D eigenvalue weighted by Gasteiger charge is -2.33. The average molecular weight is 360 g/mol. The van der Waals surface area contributed by atoms with Crippen LogP contribution in [0.5, 0.6) is 0 Å². The van der Waals surface area contributed by atoms with Crippen molar-refractivity contribution in [2.24, 2.45) is 4.99 Å². The molecule has 4 aliphatic rings. The van der Waals surface area contributed by atoms with Crippen molar-refractivity contribution in [2.45, 2.75) is 31.7 Å². The SMILES string of the molecule is CN1CCCCC1c1ccc(C2=NC=C3C=CC(=O)NC4=C3N2CC4)cc1. The second-order valence-electron chi connectivity index (χ2n) is 7.70. The molecular formula is C22H24N4O. The van der Waals surface area contributed by atoms with Gasteiger partial charge in [-0.2, -0.15) is 0 Å². The van der Waals surface area contributed by atoms with Gasteiger partial charge in [-0.1, -0.05) is 30.7 Å². The molecule has 27 heavy (non-hydrogen) atoms. The summed E-state index contributed by atoms with van der Waals surface area (Å²) < 4.78 is 0. The molecule has 0 bridgehead atoms. The quantitative estimate of drug-likeness (QED) is 0.882. The molecule has 0 spiro atoms. The second-order valence-corrected chi connectivity index (χ2v) is 7.70. The van der Waals surface area contributed by atoms with E-state index in [1.165, 1.54) is 31.4 Å². The molecule has 0 saturated carbocycles. The van der Waals surface area contributed by atoms with E-state index in [1.807, 2.05) is 12.3 Å². The van der Waals surface area contributed by atoms with Crippen LogP contribution in [0.25, 0.3) is 0 Å². The fourth-order valence-electron chi connectivity index (χ4n) is 4.60. The Labute approximate surface area is 159 Å². The van der Waals surface area contributed by atoms with Gasteiger partial charge >= 0.3 is 0 Å². The summed E-state index contributed by atoms with van der Waals surface area (Å²) in [6, 6.07) is 9.42. The Bertz CT molecular complexity index is 907. The number of benzene rings is 1. The smallest absolute Gasteiger partial charge is 0.248 e. The number of nitrogens with zero attached hydrogens (tertiary/aromatic N) is 3. The molecule has 5 heteroatoms. The third-order valence-corrected chi connectivity index (χ3v) is 6.01. The number of carbonyl (C=O) groups is 1. The number of likely N-dealkylation sites (tertiary alicyclic amines) is 1. The maximum absolute atomic E-state index is 11.9. The van der Waals surface area contributed by atoms with Crippen LogP contribution in [-0.4, -0.2) is 41.7 Å². The Morgan fingerprint density at radius 3 is 2.78 bits per heavy atom. The normalized spacial score (nSPS) is 25.0. The molecule has 1 unspecified atom stereocenters. The summed E-state index contributed by atoms with van der Waals surface area (Å²) in [6.45, 7) is 2.03. The zero-order valence-corrected chi connectivity index (χ0v) is 15.6. The van der Waals surface area contributed by atoms with Gasteiger partial charge in [0, 0.05) is 48.1 Å². The number of piperidine rings is 1. The molecule has 1 amide bonds. The molecule has 5 rings (SSSR count). The first-order valence-electron chi connectivity index (χ1n) is 9.79. The highest BCUT2D eigenvalue weighted by Gasteiger charge is 2.32. The number of amidine groups is 1. The highest BCUT2D eigenvalue weighted by Crippen LogP contribution is 2.35. The lowest BCUT2D eigenvalue weighted by atomic mass is 9.95. The molecule has 138 valence electrons. The van der Waals surface area contributed by atoms with E-state index in [9.17, 15) is 4.79 Å². The van der Waals surface area contributed by atoms with Crippen LogP contribution in [0.2, 0.25) is 0 Å². The van der Waals surface area contributed by atoms with Crippen LogP contribution >= 0.6 is 0 Å². The van der Waals surface area contributed by atoms with Crippen LogP contribution in [0.3, 0.4) is 0 Å². The topological polar surface area (TPSA) is 47.9 Å². The molecule has 1 aromatic rings.